The summed E-state index contributed by atoms with van der Waals surface area (Å²) >= 11 is 0. The predicted octanol–water partition coefficient (Wildman–Crippen LogP) is -0.568. The van der Waals surface area contributed by atoms with E-state index in [0.717, 1.165) is 6.92 Å². The van der Waals surface area contributed by atoms with E-state index in [0.29, 0.717) is 0 Å². The zero-order chi connectivity index (χ0) is 7.82. The smallest absolute Gasteiger partial charge is 0.316 e. The third kappa shape index (κ3) is 22.8. The van der Waals surface area contributed by atoms with Gasteiger partial charge in [0.25, 0.3) is 5.97 Å². The van der Waals surface area contributed by atoms with Gasteiger partial charge in [0.2, 0.25) is 0 Å². The second-order valence-electron chi connectivity index (χ2n) is 1.54. The number of carboxylic acids is 1. The van der Waals surface area contributed by atoms with Crippen LogP contribution in [0.4, 0.5) is 0 Å². The maximum absolute atomic E-state index is 9.00. The fraction of sp³-hybridized carbons (Fsp3) is 0.143. The summed E-state index contributed by atoms with van der Waals surface area (Å²) in [5.74, 6) is -0.833. The standard InChI is InChI=1S/C5H5N.C2H4O2.Mg.H2O.2H/c1-2-4-6-5-3-1;1-2(3)4;;;;/h1-5H;1H3,(H,3,4);;1H2;;. The predicted molar refractivity (Wildman–Crippen MR) is 49.7 cm³/mol. The average Bonchev–Trinajstić information content (AvgIpc) is 1.90. The number of aliphatic carboxylic acids is 1. The Kier molecular flexibility index (Phi) is 18.9. The Labute approximate surface area is 87.1 Å². The van der Waals surface area contributed by atoms with Gasteiger partial charge in [0, 0.05) is 19.3 Å². The maximum atomic E-state index is 9.00. The Morgan fingerprint density at radius 3 is 1.67 bits per heavy atom. The number of hydrogen-bond acceptors (Lipinski definition) is 2. The van der Waals surface area contributed by atoms with Crippen molar-refractivity contribution in [2.75, 3.05) is 0 Å². The van der Waals surface area contributed by atoms with Crippen LogP contribution in [0.1, 0.15) is 6.92 Å². The number of aromatic nitrogens is 1. The van der Waals surface area contributed by atoms with Crippen molar-refractivity contribution < 1.29 is 15.4 Å². The lowest BCUT2D eigenvalue weighted by atomic mass is 10.5. The summed E-state index contributed by atoms with van der Waals surface area (Å²) in [5.41, 5.74) is 0. The summed E-state index contributed by atoms with van der Waals surface area (Å²) in [6.45, 7) is 1.08. The second-order valence-corrected chi connectivity index (χ2v) is 1.54. The third-order valence-electron chi connectivity index (χ3n) is 0.566. The summed E-state index contributed by atoms with van der Waals surface area (Å²) in [5, 5.41) is 7.42. The number of rotatable bonds is 0. The SMILES string of the molecule is CC(=O)O.O.[MgH2].c1ccncc1. The van der Waals surface area contributed by atoms with Crippen LogP contribution in [-0.4, -0.2) is 44.6 Å². The zero-order valence-corrected chi connectivity index (χ0v) is 6.19. The molecule has 0 radical (unpaired) electrons. The molecule has 1 aromatic heterocycles. The van der Waals surface area contributed by atoms with Crippen LogP contribution in [0.2, 0.25) is 0 Å². The molecule has 12 heavy (non-hydrogen) atoms. The Bertz CT molecular complexity index is 151. The lowest BCUT2D eigenvalue weighted by molar-refractivity contribution is -0.134. The molecule has 0 spiro atoms. The minimum atomic E-state index is -0.833. The number of pyridine rings is 1. The number of carbonyl (C=O) groups is 1. The van der Waals surface area contributed by atoms with Gasteiger partial charge in [-0.25, -0.2) is 0 Å². The Morgan fingerprint density at radius 2 is 1.58 bits per heavy atom. The lowest BCUT2D eigenvalue weighted by Crippen LogP contribution is -1.78. The van der Waals surface area contributed by atoms with E-state index in [1.165, 1.54) is 0 Å². The molecule has 0 bridgehead atoms. The Balaban J connectivity index is -0.000000124. The van der Waals surface area contributed by atoms with E-state index in [4.69, 9.17) is 9.90 Å². The molecule has 1 rings (SSSR count). The number of hydrogen-bond donors (Lipinski definition) is 1. The van der Waals surface area contributed by atoms with Crippen LogP contribution >= 0.6 is 0 Å². The summed E-state index contributed by atoms with van der Waals surface area (Å²) < 4.78 is 0. The topological polar surface area (TPSA) is 81.7 Å². The first-order chi connectivity index (χ1) is 4.73. The number of nitrogens with zero attached hydrogens (tertiary/aromatic N) is 1. The monoisotopic (exact) mass is 183 g/mol. The lowest BCUT2D eigenvalue weighted by Gasteiger charge is -1.70. The van der Waals surface area contributed by atoms with Gasteiger partial charge in [0.05, 0.1) is 0 Å². The molecular weight excluding hydrogens is 170 g/mol. The average molecular weight is 183 g/mol. The highest BCUT2D eigenvalue weighted by molar-refractivity contribution is 5.75. The quantitative estimate of drug-likeness (QED) is 0.547. The largest absolute Gasteiger partial charge is 0.481 e. The third-order valence-corrected chi connectivity index (χ3v) is 0.566. The molecule has 3 N–H and O–H groups in total. The van der Waals surface area contributed by atoms with Gasteiger partial charge in [-0.3, -0.25) is 9.78 Å². The van der Waals surface area contributed by atoms with Gasteiger partial charge >= 0.3 is 23.1 Å². The highest BCUT2D eigenvalue weighted by Gasteiger charge is 1.65. The van der Waals surface area contributed by atoms with Crippen LogP contribution in [0, 0.1) is 0 Å². The minimum Gasteiger partial charge on any atom is -0.481 e. The molecular formula is C7H13MgNO3. The van der Waals surface area contributed by atoms with Gasteiger partial charge in [-0.1, -0.05) is 6.07 Å². The molecule has 0 aliphatic rings. The van der Waals surface area contributed by atoms with E-state index in [1.54, 1.807) is 12.4 Å². The molecule has 0 aliphatic heterocycles. The Hall–Kier alpha value is -0.654. The van der Waals surface area contributed by atoms with Crippen molar-refractivity contribution in [3.8, 4) is 0 Å². The normalized spacial score (nSPS) is 6.08. The van der Waals surface area contributed by atoms with Gasteiger partial charge < -0.3 is 10.6 Å². The second kappa shape index (κ2) is 13.0. The molecule has 1 heterocycles. The van der Waals surface area contributed by atoms with Gasteiger partial charge in [-0.05, 0) is 12.1 Å². The Morgan fingerprint density at radius 1 is 1.25 bits per heavy atom. The zero-order valence-electron chi connectivity index (χ0n) is 6.19. The van der Waals surface area contributed by atoms with Crippen molar-refractivity contribution in [2.45, 2.75) is 6.92 Å². The molecule has 1 aromatic rings. The van der Waals surface area contributed by atoms with Crippen LogP contribution in [0.25, 0.3) is 0 Å². The van der Waals surface area contributed by atoms with Crippen LogP contribution in [0.5, 0.6) is 0 Å². The van der Waals surface area contributed by atoms with Crippen molar-refractivity contribution in [3.63, 3.8) is 0 Å². The van der Waals surface area contributed by atoms with Crippen LogP contribution in [0.15, 0.2) is 30.6 Å². The molecule has 0 amide bonds. The van der Waals surface area contributed by atoms with Crippen LogP contribution in [0.3, 0.4) is 0 Å². The van der Waals surface area contributed by atoms with Crippen molar-refractivity contribution in [1.82, 2.24) is 4.98 Å². The summed E-state index contributed by atoms with van der Waals surface area (Å²) in [6, 6.07) is 5.72. The first-order valence-electron chi connectivity index (χ1n) is 2.78. The molecule has 0 aromatic carbocycles. The van der Waals surface area contributed by atoms with Crippen LogP contribution < -0.4 is 0 Å². The molecule has 66 valence electrons. The van der Waals surface area contributed by atoms with Crippen LogP contribution in [-0.2, 0) is 4.79 Å². The molecule has 0 fully saturated rings. The molecule has 5 heteroatoms. The van der Waals surface area contributed by atoms with E-state index >= 15 is 0 Å². The van der Waals surface area contributed by atoms with Gasteiger partial charge in [0.1, 0.15) is 0 Å². The summed E-state index contributed by atoms with van der Waals surface area (Å²) in [7, 11) is 0. The molecule has 0 atom stereocenters. The molecule has 4 nitrogen and oxygen atoms in total. The van der Waals surface area contributed by atoms with Gasteiger partial charge in [-0.2, -0.15) is 0 Å². The van der Waals surface area contributed by atoms with Crippen molar-refractivity contribution in [3.05, 3.63) is 30.6 Å². The van der Waals surface area contributed by atoms with Crippen molar-refractivity contribution in [1.29, 1.82) is 0 Å². The maximum Gasteiger partial charge on any atom is 0.316 e. The minimum absolute atomic E-state index is 0. The van der Waals surface area contributed by atoms with E-state index in [-0.39, 0.29) is 28.5 Å². The summed E-state index contributed by atoms with van der Waals surface area (Å²) in [6.07, 6.45) is 3.50. The summed E-state index contributed by atoms with van der Waals surface area (Å²) in [4.78, 5) is 12.8. The molecule has 0 saturated heterocycles. The fourth-order valence-electron chi connectivity index (χ4n) is 0.313. The molecule has 0 saturated carbocycles. The molecule has 0 unspecified atom stereocenters. The van der Waals surface area contributed by atoms with Gasteiger partial charge in [-0.15, -0.1) is 0 Å². The van der Waals surface area contributed by atoms with E-state index in [9.17, 15) is 0 Å². The molecule has 0 aliphatic carbocycles. The first-order valence-corrected chi connectivity index (χ1v) is 2.78. The highest BCUT2D eigenvalue weighted by Crippen LogP contribution is 1.73. The highest BCUT2D eigenvalue weighted by atomic mass is 24.3. The number of carboxylic acid groups (broad SMARTS) is 1. The van der Waals surface area contributed by atoms with E-state index in [2.05, 4.69) is 4.98 Å². The van der Waals surface area contributed by atoms with Crippen molar-refractivity contribution in [2.24, 2.45) is 0 Å². The van der Waals surface area contributed by atoms with Crippen molar-refractivity contribution >= 4 is 29.0 Å². The van der Waals surface area contributed by atoms with E-state index < -0.39 is 5.97 Å². The van der Waals surface area contributed by atoms with E-state index in [1.807, 2.05) is 18.2 Å². The van der Waals surface area contributed by atoms with Gasteiger partial charge in [0.15, 0.2) is 0 Å². The fourth-order valence-corrected chi connectivity index (χ4v) is 0.313. The first kappa shape index (κ1) is 17.4.